The van der Waals surface area contributed by atoms with Crippen molar-refractivity contribution in [3.05, 3.63) is 40.8 Å². The second-order valence-corrected chi connectivity index (χ2v) is 5.00. The van der Waals surface area contributed by atoms with Crippen molar-refractivity contribution in [2.24, 2.45) is 7.05 Å². The Labute approximate surface area is 117 Å². The van der Waals surface area contributed by atoms with E-state index in [2.05, 4.69) is 20.7 Å². The minimum atomic E-state index is -0.126. The van der Waals surface area contributed by atoms with Crippen molar-refractivity contribution in [3.63, 3.8) is 0 Å². The van der Waals surface area contributed by atoms with E-state index in [1.807, 2.05) is 26.2 Å². The number of hydrogen-bond donors (Lipinski definition) is 2. The maximum atomic E-state index is 12.4. The summed E-state index contributed by atoms with van der Waals surface area (Å²) in [6.07, 6.45) is 4.32. The van der Waals surface area contributed by atoms with Crippen LogP contribution in [0.15, 0.2) is 18.5 Å². The molecule has 0 aliphatic carbocycles. The summed E-state index contributed by atoms with van der Waals surface area (Å²) in [6, 6.07) is 1.85. The van der Waals surface area contributed by atoms with Gasteiger partial charge in [0, 0.05) is 32.1 Å². The lowest BCUT2D eigenvalue weighted by Crippen LogP contribution is -2.27. The average molecular weight is 271 g/mol. The maximum Gasteiger partial charge on any atom is 0.258 e. The van der Waals surface area contributed by atoms with Gasteiger partial charge in [0.25, 0.3) is 5.91 Å². The first-order chi connectivity index (χ1) is 9.65. The number of carbonyl (C=O) groups excluding carboxylic acids is 1. The van der Waals surface area contributed by atoms with E-state index in [0.717, 1.165) is 36.3 Å². The van der Waals surface area contributed by atoms with Crippen LogP contribution in [0.2, 0.25) is 0 Å². The number of aryl methyl sites for hydroxylation is 2. The number of anilines is 1. The van der Waals surface area contributed by atoms with Gasteiger partial charge in [-0.2, -0.15) is 5.10 Å². The summed E-state index contributed by atoms with van der Waals surface area (Å²) in [4.78, 5) is 16.6. The lowest BCUT2D eigenvalue weighted by molar-refractivity contribution is 0.102. The smallest absolute Gasteiger partial charge is 0.258 e. The number of rotatable bonds is 2. The van der Waals surface area contributed by atoms with E-state index in [-0.39, 0.29) is 5.91 Å². The Morgan fingerprint density at radius 2 is 2.30 bits per heavy atom. The second kappa shape index (κ2) is 5.05. The molecule has 1 aliphatic rings. The van der Waals surface area contributed by atoms with Crippen molar-refractivity contribution in [1.29, 1.82) is 0 Å². The van der Waals surface area contributed by atoms with E-state index in [4.69, 9.17) is 0 Å². The van der Waals surface area contributed by atoms with Gasteiger partial charge in [0.05, 0.1) is 11.3 Å². The number of aromatic nitrogens is 3. The Morgan fingerprint density at radius 1 is 1.45 bits per heavy atom. The highest BCUT2D eigenvalue weighted by Crippen LogP contribution is 2.19. The predicted octanol–water partition coefficient (Wildman–Crippen LogP) is 1.02. The molecule has 0 unspecified atom stereocenters. The summed E-state index contributed by atoms with van der Waals surface area (Å²) in [5, 5.41) is 10.4. The maximum absolute atomic E-state index is 12.4. The number of fused-ring (bicyclic) bond motifs is 1. The molecule has 1 aliphatic heterocycles. The van der Waals surface area contributed by atoms with E-state index < -0.39 is 0 Å². The Balaban J connectivity index is 1.89. The molecule has 0 saturated heterocycles. The molecule has 2 N–H and O–H groups in total. The fourth-order valence-electron chi connectivity index (χ4n) is 2.52. The fourth-order valence-corrected chi connectivity index (χ4v) is 2.52. The van der Waals surface area contributed by atoms with E-state index in [1.54, 1.807) is 10.9 Å². The quantitative estimate of drug-likeness (QED) is 0.855. The minimum absolute atomic E-state index is 0.126. The van der Waals surface area contributed by atoms with Gasteiger partial charge in [-0.15, -0.1) is 0 Å². The molecule has 3 rings (SSSR count). The highest BCUT2D eigenvalue weighted by Gasteiger charge is 2.18. The zero-order valence-corrected chi connectivity index (χ0v) is 11.6. The van der Waals surface area contributed by atoms with Gasteiger partial charge in [-0.1, -0.05) is 0 Å². The second-order valence-electron chi connectivity index (χ2n) is 5.00. The van der Waals surface area contributed by atoms with Crippen molar-refractivity contribution in [1.82, 2.24) is 20.1 Å². The van der Waals surface area contributed by atoms with Gasteiger partial charge in [-0.05, 0) is 31.0 Å². The Morgan fingerprint density at radius 3 is 3.05 bits per heavy atom. The Bertz CT molecular complexity index is 662. The molecule has 104 valence electrons. The van der Waals surface area contributed by atoms with Crippen LogP contribution < -0.4 is 10.6 Å². The number of pyridine rings is 1. The summed E-state index contributed by atoms with van der Waals surface area (Å²) < 4.78 is 1.66. The van der Waals surface area contributed by atoms with E-state index in [9.17, 15) is 4.79 Å². The third kappa shape index (κ3) is 2.30. The first-order valence-corrected chi connectivity index (χ1v) is 6.63. The fraction of sp³-hybridized carbons (Fsp3) is 0.357. The third-order valence-corrected chi connectivity index (χ3v) is 3.50. The molecule has 0 aromatic carbocycles. The van der Waals surface area contributed by atoms with Crippen LogP contribution in [0.4, 0.5) is 5.82 Å². The van der Waals surface area contributed by atoms with Gasteiger partial charge in [0.15, 0.2) is 0 Å². The molecule has 0 radical (unpaired) electrons. The van der Waals surface area contributed by atoms with E-state index >= 15 is 0 Å². The van der Waals surface area contributed by atoms with Crippen molar-refractivity contribution in [2.45, 2.75) is 19.9 Å². The van der Waals surface area contributed by atoms with Crippen molar-refractivity contribution in [3.8, 4) is 0 Å². The van der Waals surface area contributed by atoms with Crippen LogP contribution in [-0.4, -0.2) is 27.2 Å². The zero-order chi connectivity index (χ0) is 14.1. The molecule has 20 heavy (non-hydrogen) atoms. The van der Waals surface area contributed by atoms with Crippen LogP contribution in [0.5, 0.6) is 0 Å². The van der Waals surface area contributed by atoms with Crippen LogP contribution in [0.3, 0.4) is 0 Å². The number of amides is 1. The van der Waals surface area contributed by atoms with Gasteiger partial charge in [0.2, 0.25) is 0 Å². The van der Waals surface area contributed by atoms with Crippen molar-refractivity contribution < 1.29 is 4.79 Å². The van der Waals surface area contributed by atoms with Crippen molar-refractivity contribution in [2.75, 3.05) is 11.9 Å². The van der Waals surface area contributed by atoms with Gasteiger partial charge in [-0.3, -0.25) is 14.5 Å². The molecule has 6 nitrogen and oxygen atoms in total. The molecule has 1 amide bonds. The van der Waals surface area contributed by atoms with Gasteiger partial charge in [-0.25, -0.2) is 0 Å². The molecule has 0 spiro atoms. The molecular weight excluding hydrogens is 254 g/mol. The SMILES string of the molecule is Cc1cc(NC(=O)c2cncc3c2CCNC3)n(C)n1. The molecule has 6 heteroatoms. The number of hydrogen-bond acceptors (Lipinski definition) is 4. The standard InChI is InChI=1S/C14H17N5O/c1-9-5-13(19(2)18-9)17-14(20)12-8-16-7-10-6-15-4-3-11(10)12/h5,7-8,15H,3-4,6H2,1-2H3,(H,17,20). The van der Waals surface area contributed by atoms with Crippen LogP contribution in [-0.2, 0) is 20.0 Å². The molecule has 0 fully saturated rings. The first kappa shape index (κ1) is 12.8. The molecular formula is C14H17N5O. The lowest BCUT2D eigenvalue weighted by atomic mass is 9.98. The van der Waals surface area contributed by atoms with Gasteiger partial charge < -0.3 is 10.6 Å². The van der Waals surface area contributed by atoms with Crippen LogP contribution >= 0.6 is 0 Å². The highest BCUT2D eigenvalue weighted by molar-refractivity contribution is 6.04. The number of nitrogens with one attached hydrogen (secondary N) is 2. The number of nitrogens with zero attached hydrogens (tertiary/aromatic N) is 3. The Kier molecular flexibility index (Phi) is 3.23. The molecule has 0 atom stereocenters. The summed E-state index contributed by atoms with van der Waals surface area (Å²) in [5.74, 6) is 0.568. The van der Waals surface area contributed by atoms with Gasteiger partial charge >= 0.3 is 0 Å². The van der Waals surface area contributed by atoms with Crippen LogP contribution in [0, 0.1) is 6.92 Å². The molecule has 0 saturated carbocycles. The monoisotopic (exact) mass is 271 g/mol. The van der Waals surface area contributed by atoms with Gasteiger partial charge in [0.1, 0.15) is 5.82 Å². The average Bonchev–Trinajstić information content (AvgIpc) is 2.76. The predicted molar refractivity (Wildman–Crippen MR) is 75.5 cm³/mol. The van der Waals surface area contributed by atoms with Crippen LogP contribution in [0.1, 0.15) is 27.2 Å². The topological polar surface area (TPSA) is 71.8 Å². The summed E-state index contributed by atoms with van der Waals surface area (Å²) >= 11 is 0. The van der Waals surface area contributed by atoms with Crippen molar-refractivity contribution >= 4 is 11.7 Å². The summed E-state index contributed by atoms with van der Waals surface area (Å²) in [7, 11) is 1.81. The molecule has 0 bridgehead atoms. The summed E-state index contributed by atoms with van der Waals surface area (Å²) in [6.45, 7) is 3.56. The molecule has 3 heterocycles. The third-order valence-electron chi connectivity index (χ3n) is 3.50. The first-order valence-electron chi connectivity index (χ1n) is 6.63. The highest BCUT2D eigenvalue weighted by atomic mass is 16.1. The van der Waals surface area contributed by atoms with Crippen LogP contribution in [0.25, 0.3) is 0 Å². The minimum Gasteiger partial charge on any atom is -0.312 e. The Hall–Kier alpha value is -2.21. The lowest BCUT2D eigenvalue weighted by Gasteiger charge is -2.19. The largest absolute Gasteiger partial charge is 0.312 e. The zero-order valence-electron chi connectivity index (χ0n) is 11.6. The van der Waals surface area contributed by atoms with E-state index in [1.165, 1.54) is 0 Å². The molecule has 2 aromatic heterocycles. The van der Waals surface area contributed by atoms with E-state index in [0.29, 0.717) is 11.4 Å². The summed E-state index contributed by atoms with van der Waals surface area (Å²) in [5.41, 5.74) is 3.73. The number of carbonyl (C=O) groups is 1. The molecule has 2 aromatic rings. The normalized spacial score (nSPS) is 13.9.